The van der Waals surface area contributed by atoms with Crippen LogP contribution < -0.4 is 0 Å². The summed E-state index contributed by atoms with van der Waals surface area (Å²) in [6.07, 6.45) is -4.50. The summed E-state index contributed by atoms with van der Waals surface area (Å²) >= 11 is 2.97. The third-order valence-corrected chi connectivity index (χ3v) is 2.59. The molecule has 8 heteroatoms. The zero-order chi connectivity index (χ0) is 14.6. The fourth-order valence-corrected chi connectivity index (χ4v) is 1.84. The van der Waals surface area contributed by atoms with Crippen LogP contribution in [0.4, 0.5) is 13.2 Å². The third kappa shape index (κ3) is 4.62. The molecular formula is C11H11BrF3NO3. The third-order valence-electron chi connectivity index (χ3n) is 2.23. The Morgan fingerprint density at radius 3 is 2.37 bits per heavy atom. The second kappa shape index (κ2) is 6.14. The van der Waals surface area contributed by atoms with E-state index in [1.165, 1.54) is 0 Å². The number of halogens is 4. The van der Waals surface area contributed by atoms with Crippen molar-refractivity contribution in [2.75, 3.05) is 18.4 Å². The molecule has 0 bridgehead atoms. The number of carbonyl (C=O) groups is 1. The predicted molar refractivity (Wildman–Crippen MR) is 65.5 cm³/mol. The highest BCUT2D eigenvalue weighted by Gasteiger charge is 2.33. The van der Waals surface area contributed by atoms with Gasteiger partial charge in [-0.2, -0.15) is 13.2 Å². The summed E-state index contributed by atoms with van der Waals surface area (Å²) in [6, 6.07) is 3.12. The van der Waals surface area contributed by atoms with E-state index in [9.17, 15) is 23.1 Å². The molecule has 2 N–H and O–H groups in total. The van der Waals surface area contributed by atoms with E-state index >= 15 is 0 Å². The number of rotatable bonds is 4. The molecule has 0 aliphatic heterocycles. The number of carbonyl (C=O) groups excluding carboxylic acids is 1. The Kier molecular flexibility index (Phi) is 5.04. The second-order valence-corrected chi connectivity index (χ2v) is 4.53. The Bertz CT molecular complexity index is 465. The lowest BCUT2D eigenvalue weighted by Crippen LogP contribution is -2.40. The summed E-state index contributed by atoms with van der Waals surface area (Å²) in [6.45, 7) is -1.50. The maximum Gasteiger partial charge on any atom is 0.406 e. The lowest BCUT2D eigenvalue weighted by molar-refractivity contribution is -0.140. The van der Waals surface area contributed by atoms with E-state index < -0.39 is 30.1 Å². The van der Waals surface area contributed by atoms with Crippen LogP contribution in [-0.2, 0) is 0 Å². The van der Waals surface area contributed by atoms with Gasteiger partial charge in [-0.25, -0.2) is 0 Å². The zero-order valence-corrected chi connectivity index (χ0v) is 11.2. The first-order valence-electron chi connectivity index (χ1n) is 5.18. The highest BCUT2D eigenvalue weighted by Crippen LogP contribution is 2.26. The van der Waals surface area contributed by atoms with Gasteiger partial charge in [0, 0.05) is 17.4 Å². The van der Waals surface area contributed by atoms with Crippen LogP contribution >= 0.6 is 15.9 Å². The number of phenolic OH excluding ortho intramolecular Hbond substituents is 2. The van der Waals surface area contributed by atoms with E-state index in [-0.39, 0.29) is 17.4 Å². The van der Waals surface area contributed by atoms with Crippen LogP contribution in [0.5, 0.6) is 11.5 Å². The summed E-state index contributed by atoms with van der Waals surface area (Å²) in [5.74, 6) is -1.87. The van der Waals surface area contributed by atoms with Crippen LogP contribution in [0.2, 0.25) is 0 Å². The molecule has 0 radical (unpaired) electrons. The van der Waals surface area contributed by atoms with E-state index in [4.69, 9.17) is 5.11 Å². The van der Waals surface area contributed by atoms with E-state index in [0.717, 1.165) is 18.2 Å². The molecule has 0 aliphatic rings. The van der Waals surface area contributed by atoms with Gasteiger partial charge in [0.1, 0.15) is 6.54 Å². The molecule has 19 heavy (non-hydrogen) atoms. The van der Waals surface area contributed by atoms with Gasteiger partial charge in [0.2, 0.25) is 0 Å². The molecule has 0 saturated carbocycles. The van der Waals surface area contributed by atoms with Crippen molar-refractivity contribution in [1.82, 2.24) is 4.90 Å². The number of benzene rings is 1. The molecule has 106 valence electrons. The van der Waals surface area contributed by atoms with Crippen molar-refractivity contribution in [3.63, 3.8) is 0 Å². The SMILES string of the molecule is O=C(c1ccc(O)c(O)c1)N(CCBr)CC(F)(F)F. The molecule has 0 heterocycles. The summed E-state index contributed by atoms with van der Waals surface area (Å²) in [7, 11) is 0. The lowest BCUT2D eigenvalue weighted by Gasteiger charge is -2.23. The lowest BCUT2D eigenvalue weighted by atomic mass is 10.1. The molecule has 0 aromatic heterocycles. The van der Waals surface area contributed by atoms with Crippen molar-refractivity contribution in [1.29, 1.82) is 0 Å². The molecule has 0 atom stereocenters. The topological polar surface area (TPSA) is 60.8 Å². The van der Waals surface area contributed by atoms with Crippen LogP contribution in [0.15, 0.2) is 18.2 Å². The Labute approximate surface area is 115 Å². The fourth-order valence-electron chi connectivity index (χ4n) is 1.41. The van der Waals surface area contributed by atoms with Gasteiger partial charge in [-0.3, -0.25) is 4.79 Å². The molecule has 1 rings (SSSR count). The monoisotopic (exact) mass is 341 g/mol. The minimum atomic E-state index is -4.50. The fraction of sp³-hybridized carbons (Fsp3) is 0.364. The highest BCUT2D eigenvalue weighted by molar-refractivity contribution is 9.09. The van der Waals surface area contributed by atoms with Gasteiger partial charge in [-0.15, -0.1) is 0 Å². The number of amides is 1. The maximum absolute atomic E-state index is 12.3. The normalized spacial score (nSPS) is 11.4. The predicted octanol–water partition coefficient (Wildman–Crippen LogP) is 2.50. The van der Waals surface area contributed by atoms with Gasteiger partial charge < -0.3 is 15.1 Å². The molecule has 1 aromatic rings. The molecular weight excluding hydrogens is 331 g/mol. The van der Waals surface area contributed by atoms with Crippen LogP contribution in [0.25, 0.3) is 0 Å². The van der Waals surface area contributed by atoms with Gasteiger partial charge in [0.05, 0.1) is 0 Å². The number of nitrogens with zero attached hydrogens (tertiary/aromatic N) is 1. The molecule has 0 aliphatic carbocycles. The Morgan fingerprint density at radius 1 is 1.26 bits per heavy atom. The summed E-state index contributed by atoms with van der Waals surface area (Å²) in [4.78, 5) is 12.5. The van der Waals surface area contributed by atoms with Gasteiger partial charge in [-0.1, -0.05) is 15.9 Å². The van der Waals surface area contributed by atoms with Crippen molar-refractivity contribution >= 4 is 21.8 Å². The summed E-state index contributed by atoms with van der Waals surface area (Å²) in [5.41, 5.74) is -0.125. The molecule has 4 nitrogen and oxygen atoms in total. The number of aromatic hydroxyl groups is 2. The van der Waals surface area contributed by atoms with Crippen LogP contribution in [0.3, 0.4) is 0 Å². The van der Waals surface area contributed by atoms with Gasteiger partial charge in [0.15, 0.2) is 11.5 Å². The zero-order valence-electron chi connectivity index (χ0n) is 9.62. The largest absolute Gasteiger partial charge is 0.504 e. The van der Waals surface area contributed by atoms with Gasteiger partial charge in [0.25, 0.3) is 5.91 Å². The minimum absolute atomic E-state index is 0.125. The molecule has 0 fully saturated rings. The van der Waals surface area contributed by atoms with Crippen LogP contribution in [-0.4, -0.2) is 45.6 Å². The molecule has 1 amide bonds. The number of alkyl halides is 4. The van der Waals surface area contributed by atoms with Crippen molar-refractivity contribution < 1.29 is 28.2 Å². The number of hydrogen-bond donors (Lipinski definition) is 2. The maximum atomic E-state index is 12.3. The molecule has 0 saturated heterocycles. The Hall–Kier alpha value is -1.44. The first-order chi connectivity index (χ1) is 8.74. The molecule has 0 unspecified atom stereocenters. The van der Waals surface area contributed by atoms with E-state index in [2.05, 4.69) is 15.9 Å². The quantitative estimate of drug-likeness (QED) is 0.653. The average molecular weight is 342 g/mol. The van der Waals surface area contributed by atoms with Gasteiger partial charge in [-0.05, 0) is 18.2 Å². The number of hydrogen-bond acceptors (Lipinski definition) is 3. The van der Waals surface area contributed by atoms with Gasteiger partial charge >= 0.3 is 6.18 Å². The first kappa shape index (κ1) is 15.6. The summed E-state index contributed by atoms with van der Waals surface area (Å²) in [5, 5.41) is 18.5. The van der Waals surface area contributed by atoms with E-state index in [1.54, 1.807) is 0 Å². The minimum Gasteiger partial charge on any atom is -0.504 e. The van der Waals surface area contributed by atoms with Crippen LogP contribution in [0, 0.1) is 0 Å². The average Bonchev–Trinajstić information content (AvgIpc) is 2.29. The first-order valence-corrected chi connectivity index (χ1v) is 6.30. The van der Waals surface area contributed by atoms with Crippen LogP contribution in [0.1, 0.15) is 10.4 Å². The van der Waals surface area contributed by atoms with Crippen molar-refractivity contribution in [3.05, 3.63) is 23.8 Å². The number of phenols is 2. The van der Waals surface area contributed by atoms with Crippen molar-refractivity contribution in [3.8, 4) is 11.5 Å². The highest BCUT2D eigenvalue weighted by atomic mass is 79.9. The Balaban J connectivity index is 2.95. The summed E-state index contributed by atoms with van der Waals surface area (Å²) < 4.78 is 37.0. The van der Waals surface area contributed by atoms with Crippen molar-refractivity contribution in [2.45, 2.75) is 6.18 Å². The second-order valence-electron chi connectivity index (χ2n) is 3.73. The van der Waals surface area contributed by atoms with Crippen molar-refractivity contribution in [2.24, 2.45) is 0 Å². The molecule has 1 aromatic carbocycles. The standard InChI is InChI=1S/C11H11BrF3NO3/c12-3-4-16(6-11(13,14)15)10(19)7-1-2-8(17)9(18)5-7/h1-2,5,17-18H,3-4,6H2. The Morgan fingerprint density at radius 2 is 1.89 bits per heavy atom. The van der Waals surface area contributed by atoms with E-state index in [0.29, 0.717) is 4.90 Å². The smallest absolute Gasteiger partial charge is 0.406 e. The molecule has 0 spiro atoms. The van der Waals surface area contributed by atoms with E-state index in [1.807, 2.05) is 0 Å².